The molecule has 0 spiro atoms. The number of halogens is 2. The number of carbonyl (C=O) groups is 2. The van der Waals surface area contributed by atoms with Crippen LogP contribution in [-0.2, 0) is 21.2 Å². The zero-order chi connectivity index (χ0) is 22.3. The first kappa shape index (κ1) is 23.7. The van der Waals surface area contributed by atoms with Crippen LogP contribution in [0.5, 0.6) is 11.5 Å². The van der Waals surface area contributed by atoms with Crippen LogP contribution in [0.15, 0.2) is 30.3 Å². The summed E-state index contributed by atoms with van der Waals surface area (Å²) < 4.78 is 63.3. The SMILES string of the molecule is COc1cc(C(=O)OCC(=O)c2ccc(CCNS(C)(=O)=O)s2)ccc1OC(F)F. The van der Waals surface area contributed by atoms with Crippen LogP contribution in [0.3, 0.4) is 0 Å². The van der Waals surface area contributed by atoms with E-state index in [-0.39, 0.29) is 23.6 Å². The van der Waals surface area contributed by atoms with Crippen molar-refractivity contribution >= 4 is 33.1 Å². The predicted molar refractivity (Wildman–Crippen MR) is 105 cm³/mol. The second-order valence-corrected chi connectivity index (χ2v) is 8.93. The number of nitrogens with one attached hydrogen (secondary N) is 1. The van der Waals surface area contributed by atoms with E-state index in [4.69, 9.17) is 9.47 Å². The number of rotatable bonds is 11. The molecule has 2 aromatic rings. The molecule has 0 radical (unpaired) electrons. The first-order valence-corrected chi connectivity index (χ1v) is 11.2. The molecule has 0 aliphatic rings. The summed E-state index contributed by atoms with van der Waals surface area (Å²) in [5.41, 5.74) is -0.0000146. The van der Waals surface area contributed by atoms with Gasteiger partial charge in [0.05, 0.1) is 23.8 Å². The Morgan fingerprint density at radius 1 is 1.17 bits per heavy atom. The minimum atomic E-state index is -3.29. The van der Waals surface area contributed by atoms with Crippen LogP contribution in [0.4, 0.5) is 8.78 Å². The molecular weight excluding hydrogens is 444 g/mol. The average Bonchev–Trinajstić information content (AvgIpc) is 3.13. The molecule has 0 aliphatic heterocycles. The Labute approximate surface area is 175 Å². The summed E-state index contributed by atoms with van der Waals surface area (Å²) in [6.07, 6.45) is 1.47. The molecule has 0 fully saturated rings. The van der Waals surface area contributed by atoms with Crippen LogP contribution in [0.25, 0.3) is 0 Å². The van der Waals surface area contributed by atoms with Crippen molar-refractivity contribution in [2.45, 2.75) is 13.0 Å². The molecule has 164 valence electrons. The van der Waals surface area contributed by atoms with Crippen LogP contribution in [0.2, 0.25) is 0 Å². The Bertz CT molecular complexity index is 1010. The zero-order valence-corrected chi connectivity index (χ0v) is 17.6. The van der Waals surface area contributed by atoms with E-state index >= 15 is 0 Å². The molecule has 0 amide bonds. The highest BCUT2D eigenvalue weighted by molar-refractivity contribution is 7.88. The van der Waals surface area contributed by atoms with Crippen LogP contribution < -0.4 is 14.2 Å². The molecule has 1 aromatic heterocycles. The van der Waals surface area contributed by atoms with Crippen molar-refractivity contribution in [3.05, 3.63) is 45.6 Å². The fourth-order valence-corrected chi connectivity index (χ4v) is 3.70. The summed E-state index contributed by atoms with van der Waals surface area (Å²) >= 11 is 1.17. The first-order valence-electron chi connectivity index (χ1n) is 8.45. The molecule has 0 saturated carbocycles. The van der Waals surface area contributed by atoms with Crippen molar-refractivity contribution < 1.29 is 41.0 Å². The van der Waals surface area contributed by atoms with Crippen molar-refractivity contribution in [3.8, 4) is 11.5 Å². The van der Waals surface area contributed by atoms with Gasteiger partial charge in [0.15, 0.2) is 18.1 Å². The molecule has 0 aliphatic carbocycles. The minimum Gasteiger partial charge on any atom is -0.493 e. The highest BCUT2D eigenvalue weighted by atomic mass is 32.2. The summed E-state index contributed by atoms with van der Waals surface area (Å²) in [7, 11) is -2.06. The Hall–Kier alpha value is -2.57. The van der Waals surface area contributed by atoms with Gasteiger partial charge >= 0.3 is 12.6 Å². The second kappa shape index (κ2) is 10.5. The van der Waals surface area contributed by atoms with Gasteiger partial charge in [0.2, 0.25) is 15.8 Å². The fourth-order valence-electron chi connectivity index (χ4n) is 2.30. The molecule has 0 atom stereocenters. The van der Waals surface area contributed by atoms with E-state index in [1.807, 2.05) is 0 Å². The summed E-state index contributed by atoms with van der Waals surface area (Å²) in [6.45, 7) is -3.36. The highest BCUT2D eigenvalue weighted by Gasteiger charge is 2.17. The summed E-state index contributed by atoms with van der Waals surface area (Å²) in [5, 5.41) is 0. The van der Waals surface area contributed by atoms with E-state index < -0.39 is 35.0 Å². The van der Waals surface area contributed by atoms with Crippen molar-refractivity contribution in [2.24, 2.45) is 0 Å². The lowest BCUT2D eigenvalue weighted by Gasteiger charge is -2.11. The van der Waals surface area contributed by atoms with Crippen LogP contribution in [0.1, 0.15) is 24.9 Å². The fraction of sp³-hybridized carbons (Fsp3) is 0.333. The number of Topliss-reactive ketones (excluding diaryl/α,β-unsaturated/α-hetero) is 1. The summed E-state index contributed by atoms with van der Waals surface area (Å²) in [6, 6.07) is 6.78. The van der Waals surface area contributed by atoms with Gasteiger partial charge in [-0.15, -0.1) is 11.3 Å². The molecule has 0 unspecified atom stereocenters. The third kappa shape index (κ3) is 7.35. The van der Waals surface area contributed by atoms with Crippen molar-refractivity contribution in [2.75, 3.05) is 26.5 Å². The van der Waals surface area contributed by atoms with E-state index in [1.54, 1.807) is 12.1 Å². The Morgan fingerprint density at radius 3 is 2.53 bits per heavy atom. The van der Waals surface area contributed by atoms with E-state index in [9.17, 15) is 26.8 Å². The van der Waals surface area contributed by atoms with Crippen LogP contribution >= 0.6 is 11.3 Å². The number of hydrogen-bond acceptors (Lipinski definition) is 8. The number of ketones is 1. The van der Waals surface area contributed by atoms with E-state index in [2.05, 4.69) is 9.46 Å². The largest absolute Gasteiger partial charge is 0.493 e. The summed E-state index contributed by atoms with van der Waals surface area (Å²) in [4.78, 5) is 25.5. The zero-order valence-electron chi connectivity index (χ0n) is 16.0. The van der Waals surface area contributed by atoms with Gasteiger partial charge in [-0.1, -0.05) is 0 Å². The maximum absolute atomic E-state index is 12.4. The third-order valence-electron chi connectivity index (χ3n) is 3.62. The number of benzene rings is 1. The number of alkyl halides is 2. The standard InChI is InChI=1S/C18H19F2NO7S2/c1-26-15-9-11(3-5-14(15)28-18(19)20)17(23)27-10-13(22)16-6-4-12(29-16)7-8-21-30(2,24)25/h3-6,9,18,21H,7-8,10H2,1-2H3. The molecule has 12 heteroatoms. The molecule has 30 heavy (non-hydrogen) atoms. The topological polar surface area (TPSA) is 108 Å². The van der Waals surface area contributed by atoms with Crippen LogP contribution in [-0.4, -0.2) is 53.3 Å². The summed E-state index contributed by atoms with van der Waals surface area (Å²) in [5.74, 6) is -1.59. The lowest BCUT2D eigenvalue weighted by Crippen LogP contribution is -2.24. The third-order valence-corrected chi connectivity index (χ3v) is 5.54. The number of thiophene rings is 1. The quantitative estimate of drug-likeness (QED) is 0.403. The van der Waals surface area contributed by atoms with E-state index in [0.717, 1.165) is 17.2 Å². The van der Waals surface area contributed by atoms with Gasteiger partial charge in [0.25, 0.3) is 0 Å². The van der Waals surface area contributed by atoms with Gasteiger partial charge in [-0.05, 0) is 36.8 Å². The average molecular weight is 463 g/mol. The lowest BCUT2D eigenvalue weighted by molar-refractivity contribution is -0.0512. The van der Waals surface area contributed by atoms with Crippen molar-refractivity contribution in [1.82, 2.24) is 4.72 Å². The predicted octanol–water partition coefficient (Wildman–Crippen LogP) is 2.49. The Kier molecular flexibility index (Phi) is 8.26. The van der Waals surface area contributed by atoms with Crippen LogP contribution in [0, 0.1) is 0 Å². The second-order valence-electron chi connectivity index (χ2n) is 5.93. The first-order chi connectivity index (χ1) is 14.1. The van der Waals surface area contributed by atoms with Gasteiger partial charge in [0, 0.05) is 11.4 Å². The Balaban J connectivity index is 1.92. The monoisotopic (exact) mass is 463 g/mol. The van der Waals surface area contributed by atoms with E-state index in [1.165, 1.54) is 30.6 Å². The Morgan fingerprint density at radius 2 is 1.90 bits per heavy atom. The molecule has 0 bridgehead atoms. The smallest absolute Gasteiger partial charge is 0.387 e. The molecule has 1 aromatic carbocycles. The number of sulfonamides is 1. The minimum absolute atomic E-state index is 0.0000146. The van der Waals surface area contributed by atoms with Gasteiger partial charge in [-0.25, -0.2) is 17.9 Å². The number of hydrogen-bond donors (Lipinski definition) is 1. The van der Waals surface area contributed by atoms with Gasteiger partial charge in [-0.2, -0.15) is 8.78 Å². The number of esters is 1. The van der Waals surface area contributed by atoms with Crippen molar-refractivity contribution in [1.29, 1.82) is 0 Å². The number of carbonyl (C=O) groups excluding carboxylic acids is 2. The number of ether oxygens (including phenoxy) is 3. The normalized spacial score (nSPS) is 11.4. The van der Waals surface area contributed by atoms with Gasteiger partial charge in [-0.3, -0.25) is 4.79 Å². The van der Waals surface area contributed by atoms with Gasteiger partial charge in [0.1, 0.15) is 0 Å². The highest BCUT2D eigenvalue weighted by Crippen LogP contribution is 2.29. The molecule has 2 rings (SSSR count). The lowest BCUT2D eigenvalue weighted by atomic mass is 10.2. The van der Waals surface area contributed by atoms with Crippen molar-refractivity contribution in [3.63, 3.8) is 0 Å². The molecular formula is C18H19F2NO7S2. The molecule has 1 N–H and O–H groups in total. The maximum Gasteiger partial charge on any atom is 0.387 e. The molecule has 0 saturated heterocycles. The van der Waals surface area contributed by atoms with Gasteiger partial charge < -0.3 is 14.2 Å². The number of methoxy groups -OCH3 is 1. The maximum atomic E-state index is 12.4. The molecule has 1 heterocycles. The van der Waals surface area contributed by atoms with E-state index in [0.29, 0.717) is 11.3 Å². The molecule has 8 nitrogen and oxygen atoms in total.